The Bertz CT molecular complexity index is 1440. The number of rotatable bonds is 6. The Morgan fingerprint density at radius 3 is 2.50 bits per heavy atom. The van der Waals surface area contributed by atoms with E-state index in [-0.39, 0.29) is 23.3 Å². The van der Waals surface area contributed by atoms with Gasteiger partial charge in [-0.1, -0.05) is 31.9 Å². The molecule has 36 heavy (non-hydrogen) atoms. The normalized spacial score (nSPS) is 18.6. The van der Waals surface area contributed by atoms with Crippen LogP contribution in [-0.4, -0.2) is 37.6 Å². The standard InChI is InChI=1S/C27H30N6O3/c1-16-3-5-18(6-4-16)23(32-25(34)22-12-14-30-33(22)2)27(36)31-19-9-7-17(8-10-19)21-15-29-26(35)24-20(21)11-13-28-24/h7-16,18,23,28H,3-6H2,1-2H3,(H,29,35)(H,31,36)(H,32,34)/t16-,18-,23-/m0/s1. The molecule has 0 aliphatic heterocycles. The highest BCUT2D eigenvalue weighted by atomic mass is 16.2. The molecule has 9 heteroatoms. The van der Waals surface area contributed by atoms with Crippen LogP contribution in [0, 0.1) is 11.8 Å². The zero-order chi connectivity index (χ0) is 25.2. The molecule has 186 valence electrons. The zero-order valence-corrected chi connectivity index (χ0v) is 20.4. The fourth-order valence-electron chi connectivity index (χ4n) is 5.09. The fraction of sp³-hybridized carbons (Fsp3) is 0.333. The first-order chi connectivity index (χ1) is 17.4. The molecule has 5 rings (SSSR count). The first-order valence-electron chi connectivity index (χ1n) is 12.3. The number of benzene rings is 1. The Hall–Kier alpha value is -4.14. The minimum atomic E-state index is -0.641. The molecule has 0 radical (unpaired) electrons. The Morgan fingerprint density at radius 1 is 1.06 bits per heavy atom. The number of hydrogen-bond donors (Lipinski definition) is 4. The number of aromatic nitrogens is 4. The van der Waals surface area contributed by atoms with Gasteiger partial charge in [0.05, 0.1) is 0 Å². The summed E-state index contributed by atoms with van der Waals surface area (Å²) in [6, 6.07) is 10.3. The molecule has 9 nitrogen and oxygen atoms in total. The zero-order valence-electron chi connectivity index (χ0n) is 20.4. The highest BCUT2D eigenvalue weighted by Crippen LogP contribution is 2.31. The van der Waals surface area contributed by atoms with Crippen molar-refractivity contribution >= 4 is 28.4 Å². The molecule has 1 aromatic carbocycles. The van der Waals surface area contributed by atoms with Gasteiger partial charge in [-0.15, -0.1) is 0 Å². The summed E-state index contributed by atoms with van der Waals surface area (Å²) in [5, 5.41) is 10.9. The van der Waals surface area contributed by atoms with Gasteiger partial charge in [0.25, 0.3) is 11.5 Å². The van der Waals surface area contributed by atoms with Crippen molar-refractivity contribution in [2.24, 2.45) is 18.9 Å². The lowest BCUT2D eigenvalue weighted by Gasteiger charge is -2.32. The van der Waals surface area contributed by atoms with Crippen LogP contribution in [0.15, 0.2) is 59.8 Å². The number of amides is 2. The van der Waals surface area contributed by atoms with E-state index in [1.54, 1.807) is 31.7 Å². The van der Waals surface area contributed by atoms with Crippen molar-refractivity contribution in [1.82, 2.24) is 25.1 Å². The van der Waals surface area contributed by atoms with Crippen molar-refractivity contribution in [1.29, 1.82) is 0 Å². The lowest BCUT2D eigenvalue weighted by atomic mass is 9.79. The van der Waals surface area contributed by atoms with Gasteiger partial charge in [0.1, 0.15) is 17.3 Å². The summed E-state index contributed by atoms with van der Waals surface area (Å²) in [7, 11) is 1.71. The van der Waals surface area contributed by atoms with Crippen molar-refractivity contribution in [2.75, 3.05) is 5.32 Å². The molecule has 1 aliphatic carbocycles. The molecule has 3 heterocycles. The van der Waals surface area contributed by atoms with Gasteiger partial charge in [-0.3, -0.25) is 19.1 Å². The third-order valence-corrected chi connectivity index (χ3v) is 7.23. The summed E-state index contributed by atoms with van der Waals surface area (Å²) in [5.41, 5.74) is 3.22. The molecule has 4 aromatic rings. The number of nitrogens with zero attached hydrogens (tertiary/aromatic N) is 2. The van der Waals surface area contributed by atoms with E-state index in [1.807, 2.05) is 30.3 Å². The van der Waals surface area contributed by atoms with Crippen molar-refractivity contribution in [2.45, 2.75) is 38.6 Å². The van der Waals surface area contributed by atoms with E-state index >= 15 is 0 Å². The molecule has 1 fully saturated rings. The number of hydrogen-bond acceptors (Lipinski definition) is 4. The van der Waals surface area contributed by atoms with E-state index in [0.29, 0.717) is 22.8 Å². The maximum atomic E-state index is 13.4. The van der Waals surface area contributed by atoms with Crippen molar-refractivity contribution in [3.05, 3.63) is 71.0 Å². The first kappa shape index (κ1) is 23.6. The van der Waals surface area contributed by atoms with E-state index < -0.39 is 6.04 Å². The first-order valence-corrected chi connectivity index (χ1v) is 12.3. The van der Waals surface area contributed by atoms with Crippen LogP contribution in [0.25, 0.3) is 22.0 Å². The largest absolute Gasteiger partial charge is 0.357 e. The molecular weight excluding hydrogens is 456 g/mol. The quantitative estimate of drug-likeness (QED) is 0.331. The molecule has 4 N–H and O–H groups in total. The summed E-state index contributed by atoms with van der Waals surface area (Å²) in [5.74, 6) is 0.165. The lowest BCUT2D eigenvalue weighted by Crippen LogP contribution is -2.49. The Balaban J connectivity index is 1.35. The van der Waals surface area contributed by atoms with Crippen LogP contribution in [0.1, 0.15) is 43.1 Å². The lowest BCUT2D eigenvalue weighted by molar-refractivity contribution is -0.119. The predicted octanol–water partition coefficient (Wildman–Crippen LogP) is 3.82. The van der Waals surface area contributed by atoms with Crippen LogP contribution in [0.5, 0.6) is 0 Å². The summed E-state index contributed by atoms with van der Waals surface area (Å²) in [6.45, 7) is 2.23. The number of anilines is 1. The van der Waals surface area contributed by atoms with E-state index in [2.05, 4.69) is 32.6 Å². The van der Waals surface area contributed by atoms with Crippen LogP contribution >= 0.6 is 0 Å². The predicted molar refractivity (Wildman–Crippen MR) is 139 cm³/mol. The van der Waals surface area contributed by atoms with Gasteiger partial charge in [0, 0.05) is 42.3 Å². The number of carbonyl (C=O) groups excluding carboxylic acids is 2. The number of pyridine rings is 1. The van der Waals surface area contributed by atoms with Gasteiger partial charge in [0.15, 0.2) is 0 Å². The molecule has 3 aromatic heterocycles. The van der Waals surface area contributed by atoms with E-state index in [1.165, 1.54) is 4.68 Å². The number of aryl methyl sites for hydroxylation is 1. The molecule has 0 spiro atoms. The second-order valence-electron chi connectivity index (χ2n) is 9.68. The average Bonchev–Trinajstić information content (AvgIpc) is 3.54. The summed E-state index contributed by atoms with van der Waals surface area (Å²) >= 11 is 0. The summed E-state index contributed by atoms with van der Waals surface area (Å²) in [6.07, 6.45) is 8.86. The highest BCUT2D eigenvalue weighted by Gasteiger charge is 2.33. The maximum Gasteiger partial charge on any atom is 0.272 e. The van der Waals surface area contributed by atoms with Crippen LogP contribution < -0.4 is 16.2 Å². The van der Waals surface area contributed by atoms with Gasteiger partial charge in [-0.25, -0.2) is 0 Å². The molecule has 0 bridgehead atoms. The topological polar surface area (TPSA) is 125 Å². The number of carbonyl (C=O) groups is 2. The Labute approximate surface area is 208 Å². The number of aromatic amines is 2. The van der Waals surface area contributed by atoms with Gasteiger partial charge < -0.3 is 20.6 Å². The number of nitrogens with one attached hydrogen (secondary N) is 4. The maximum absolute atomic E-state index is 13.4. The molecule has 2 amide bonds. The van der Waals surface area contributed by atoms with Gasteiger partial charge in [-0.05, 0) is 54.5 Å². The molecule has 0 unspecified atom stereocenters. The van der Waals surface area contributed by atoms with Crippen molar-refractivity contribution < 1.29 is 9.59 Å². The molecule has 1 saturated carbocycles. The molecule has 1 aliphatic rings. The number of fused-ring (bicyclic) bond motifs is 1. The SMILES string of the molecule is Cn1nccc1C(=O)N[C@H](C(=O)Nc1ccc(-c2c[nH]c(=O)c3[nH]ccc23)cc1)[C@H]1CC[C@H](C)CC1. The molecule has 1 atom stereocenters. The van der Waals surface area contributed by atoms with Crippen LogP contribution in [-0.2, 0) is 11.8 Å². The van der Waals surface area contributed by atoms with E-state index in [0.717, 1.165) is 42.2 Å². The smallest absolute Gasteiger partial charge is 0.272 e. The number of H-pyrrole nitrogens is 2. The fourth-order valence-corrected chi connectivity index (χ4v) is 5.09. The monoisotopic (exact) mass is 486 g/mol. The van der Waals surface area contributed by atoms with Gasteiger partial charge >= 0.3 is 0 Å². The molecular formula is C27H30N6O3. The second-order valence-corrected chi connectivity index (χ2v) is 9.68. The third kappa shape index (κ3) is 4.68. The summed E-state index contributed by atoms with van der Waals surface area (Å²) < 4.78 is 1.50. The van der Waals surface area contributed by atoms with Gasteiger partial charge in [0.2, 0.25) is 5.91 Å². The third-order valence-electron chi connectivity index (χ3n) is 7.23. The van der Waals surface area contributed by atoms with Gasteiger partial charge in [-0.2, -0.15) is 5.10 Å². The van der Waals surface area contributed by atoms with Crippen LogP contribution in [0.4, 0.5) is 5.69 Å². The minimum Gasteiger partial charge on any atom is -0.357 e. The van der Waals surface area contributed by atoms with Crippen molar-refractivity contribution in [3.63, 3.8) is 0 Å². The van der Waals surface area contributed by atoms with Crippen LogP contribution in [0.3, 0.4) is 0 Å². The van der Waals surface area contributed by atoms with E-state index in [4.69, 9.17) is 0 Å². The van der Waals surface area contributed by atoms with Crippen LogP contribution in [0.2, 0.25) is 0 Å². The van der Waals surface area contributed by atoms with Crippen molar-refractivity contribution in [3.8, 4) is 11.1 Å². The Morgan fingerprint density at radius 2 is 1.81 bits per heavy atom. The second kappa shape index (κ2) is 9.85. The minimum absolute atomic E-state index is 0.0701. The average molecular weight is 487 g/mol. The summed E-state index contributed by atoms with van der Waals surface area (Å²) in [4.78, 5) is 44.1. The molecule has 0 saturated heterocycles. The highest BCUT2D eigenvalue weighted by molar-refractivity contribution is 6.01. The van der Waals surface area contributed by atoms with E-state index in [9.17, 15) is 14.4 Å². The Kier molecular flexibility index (Phi) is 6.45.